The lowest BCUT2D eigenvalue weighted by Crippen LogP contribution is -2.63. The lowest BCUT2D eigenvalue weighted by atomic mass is 9.97. The van der Waals surface area contributed by atoms with Gasteiger partial charge in [0.1, 0.15) is 17.9 Å². The summed E-state index contributed by atoms with van der Waals surface area (Å²) in [7, 11) is 0. The Morgan fingerprint density at radius 1 is 1.40 bits per heavy atom. The molecule has 0 radical (unpaired) electrons. The van der Waals surface area contributed by atoms with Gasteiger partial charge in [0.2, 0.25) is 11.8 Å². The molecule has 2 heterocycles. The fourth-order valence-corrected chi connectivity index (χ4v) is 2.49. The summed E-state index contributed by atoms with van der Waals surface area (Å²) in [6.07, 6.45) is 1.67. The Hall–Kier alpha value is -1.98. The predicted molar refractivity (Wildman–Crippen MR) is 73.5 cm³/mol. The van der Waals surface area contributed by atoms with E-state index >= 15 is 0 Å². The van der Waals surface area contributed by atoms with Crippen LogP contribution in [0.2, 0.25) is 0 Å². The van der Waals surface area contributed by atoms with Gasteiger partial charge in [-0.1, -0.05) is 13.8 Å². The van der Waals surface area contributed by atoms with Crippen molar-refractivity contribution in [2.45, 2.75) is 46.3 Å². The average molecular weight is 276 g/mol. The second-order valence-corrected chi connectivity index (χ2v) is 5.48. The van der Waals surface area contributed by atoms with E-state index in [2.05, 4.69) is 15.3 Å². The molecular formula is C14H20N4O2. The zero-order valence-corrected chi connectivity index (χ0v) is 12.3. The quantitative estimate of drug-likeness (QED) is 0.880. The van der Waals surface area contributed by atoms with Crippen molar-refractivity contribution < 1.29 is 9.59 Å². The molecule has 2 atom stereocenters. The third-order valence-electron chi connectivity index (χ3n) is 3.41. The van der Waals surface area contributed by atoms with Crippen molar-refractivity contribution in [3.05, 3.63) is 23.8 Å². The number of hydrogen-bond acceptors (Lipinski definition) is 4. The monoisotopic (exact) mass is 276 g/mol. The van der Waals surface area contributed by atoms with Gasteiger partial charge in [0.15, 0.2) is 0 Å². The highest BCUT2D eigenvalue weighted by Gasteiger charge is 2.40. The van der Waals surface area contributed by atoms with Crippen LogP contribution in [0.3, 0.4) is 0 Å². The van der Waals surface area contributed by atoms with Crippen molar-refractivity contribution in [1.82, 2.24) is 20.2 Å². The molecule has 0 bridgehead atoms. The van der Waals surface area contributed by atoms with E-state index in [1.54, 1.807) is 31.0 Å². The Kier molecular flexibility index (Phi) is 4.01. The lowest BCUT2D eigenvalue weighted by Gasteiger charge is -2.39. The van der Waals surface area contributed by atoms with E-state index in [0.29, 0.717) is 12.4 Å². The van der Waals surface area contributed by atoms with E-state index in [-0.39, 0.29) is 17.7 Å². The number of nitrogens with zero attached hydrogens (tertiary/aromatic N) is 3. The van der Waals surface area contributed by atoms with Gasteiger partial charge in [-0.25, -0.2) is 9.97 Å². The van der Waals surface area contributed by atoms with Gasteiger partial charge >= 0.3 is 0 Å². The first-order valence-electron chi connectivity index (χ1n) is 6.79. The van der Waals surface area contributed by atoms with Crippen LogP contribution in [0.5, 0.6) is 0 Å². The van der Waals surface area contributed by atoms with Crippen molar-refractivity contribution in [1.29, 1.82) is 0 Å². The van der Waals surface area contributed by atoms with E-state index in [9.17, 15) is 9.59 Å². The fraction of sp³-hybridized carbons (Fsp3) is 0.571. The van der Waals surface area contributed by atoms with Crippen molar-refractivity contribution in [3.63, 3.8) is 0 Å². The molecule has 1 aliphatic heterocycles. The predicted octanol–water partition coefficient (Wildman–Crippen LogP) is 0.657. The summed E-state index contributed by atoms with van der Waals surface area (Å²) < 4.78 is 0. The summed E-state index contributed by atoms with van der Waals surface area (Å²) in [5.41, 5.74) is 0.749. The Morgan fingerprint density at radius 3 is 2.70 bits per heavy atom. The van der Waals surface area contributed by atoms with Gasteiger partial charge in [0.25, 0.3) is 0 Å². The molecule has 108 valence electrons. The van der Waals surface area contributed by atoms with Crippen molar-refractivity contribution in [2.75, 3.05) is 0 Å². The molecule has 0 aromatic carbocycles. The number of hydrogen-bond donors (Lipinski definition) is 1. The summed E-state index contributed by atoms with van der Waals surface area (Å²) in [4.78, 5) is 34.4. The van der Waals surface area contributed by atoms with E-state index in [4.69, 9.17) is 0 Å². The molecule has 0 aliphatic carbocycles. The van der Waals surface area contributed by atoms with Crippen LogP contribution in [-0.2, 0) is 16.1 Å². The molecule has 1 fully saturated rings. The van der Waals surface area contributed by atoms with Gasteiger partial charge in [-0.05, 0) is 25.8 Å². The van der Waals surface area contributed by atoms with Crippen molar-refractivity contribution in [3.8, 4) is 0 Å². The molecule has 2 rings (SSSR count). The number of piperazine rings is 1. The topological polar surface area (TPSA) is 75.2 Å². The third-order valence-corrected chi connectivity index (χ3v) is 3.41. The van der Waals surface area contributed by atoms with Gasteiger partial charge in [-0.15, -0.1) is 0 Å². The molecule has 2 amide bonds. The average Bonchev–Trinajstić information content (AvgIpc) is 2.35. The van der Waals surface area contributed by atoms with E-state index in [1.165, 1.54) is 0 Å². The summed E-state index contributed by atoms with van der Waals surface area (Å²) in [5.74, 6) is 0.539. The molecule has 6 nitrogen and oxygen atoms in total. The van der Waals surface area contributed by atoms with E-state index in [0.717, 1.165) is 5.69 Å². The Morgan fingerprint density at radius 2 is 2.10 bits per heavy atom. The second kappa shape index (κ2) is 5.56. The van der Waals surface area contributed by atoms with Crippen LogP contribution in [0.15, 0.2) is 12.3 Å². The van der Waals surface area contributed by atoms with Crippen LogP contribution in [0.25, 0.3) is 0 Å². The number of nitrogens with one attached hydrogen (secondary N) is 1. The molecule has 20 heavy (non-hydrogen) atoms. The molecule has 1 saturated heterocycles. The van der Waals surface area contributed by atoms with Crippen LogP contribution in [0.4, 0.5) is 0 Å². The SMILES string of the molecule is Cc1nccc(CN2C(=O)C(C)NC(=O)C2C(C)C)n1. The van der Waals surface area contributed by atoms with Crippen LogP contribution in [0.1, 0.15) is 32.3 Å². The first kappa shape index (κ1) is 14.4. The molecule has 1 aliphatic rings. The zero-order chi connectivity index (χ0) is 14.9. The van der Waals surface area contributed by atoms with Crippen LogP contribution in [-0.4, -0.2) is 38.8 Å². The Labute approximate surface area is 118 Å². The van der Waals surface area contributed by atoms with E-state index < -0.39 is 12.1 Å². The van der Waals surface area contributed by atoms with Gasteiger partial charge in [0, 0.05) is 6.20 Å². The third kappa shape index (κ3) is 2.79. The maximum absolute atomic E-state index is 12.3. The van der Waals surface area contributed by atoms with Crippen LogP contribution in [0, 0.1) is 12.8 Å². The Balaban J connectivity index is 2.28. The maximum Gasteiger partial charge on any atom is 0.245 e. The van der Waals surface area contributed by atoms with Gasteiger partial charge in [-0.2, -0.15) is 0 Å². The molecule has 1 aromatic rings. The molecule has 0 saturated carbocycles. The summed E-state index contributed by atoms with van der Waals surface area (Å²) in [6.45, 7) is 7.71. The largest absolute Gasteiger partial charge is 0.343 e. The lowest BCUT2D eigenvalue weighted by molar-refractivity contribution is -0.151. The second-order valence-electron chi connectivity index (χ2n) is 5.48. The number of carbonyl (C=O) groups is 2. The smallest absolute Gasteiger partial charge is 0.245 e. The van der Waals surface area contributed by atoms with Crippen LogP contribution >= 0.6 is 0 Å². The van der Waals surface area contributed by atoms with Gasteiger partial charge in [-0.3, -0.25) is 9.59 Å². The molecule has 1 N–H and O–H groups in total. The highest BCUT2D eigenvalue weighted by Crippen LogP contribution is 2.19. The summed E-state index contributed by atoms with van der Waals surface area (Å²) >= 11 is 0. The van der Waals surface area contributed by atoms with Crippen LogP contribution < -0.4 is 5.32 Å². The molecular weight excluding hydrogens is 256 g/mol. The number of carbonyl (C=O) groups excluding carboxylic acids is 2. The number of aromatic nitrogens is 2. The minimum Gasteiger partial charge on any atom is -0.343 e. The van der Waals surface area contributed by atoms with Gasteiger partial charge in [0.05, 0.1) is 12.2 Å². The molecule has 1 aromatic heterocycles. The molecule has 0 spiro atoms. The first-order chi connectivity index (χ1) is 9.40. The van der Waals surface area contributed by atoms with Gasteiger partial charge < -0.3 is 10.2 Å². The maximum atomic E-state index is 12.3. The normalized spacial score (nSPS) is 23.1. The number of aryl methyl sites for hydroxylation is 1. The Bertz CT molecular complexity index is 530. The number of amides is 2. The van der Waals surface area contributed by atoms with E-state index in [1.807, 2.05) is 13.8 Å². The summed E-state index contributed by atoms with van der Waals surface area (Å²) in [6, 6.07) is 0.837. The molecule has 6 heteroatoms. The molecule has 2 unspecified atom stereocenters. The number of rotatable bonds is 3. The van der Waals surface area contributed by atoms with Crippen molar-refractivity contribution in [2.24, 2.45) is 5.92 Å². The zero-order valence-electron chi connectivity index (χ0n) is 12.3. The highest BCUT2D eigenvalue weighted by molar-refractivity contribution is 5.96. The minimum atomic E-state index is -0.486. The highest BCUT2D eigenvalue weighted by atomic mass is 16.2. The van der Waals surface area contributed by atoms with Crippen molar-refractivity contribution >= 4 is 11.8 Å². The summed E-state index contributed by atoms with van der Waals surface area (Å²) in [5, 5.41) is 2.72. The first-order valence-corrected chi connectivity index (χ1v) is 6.79. The fourth-order valence-electron chi connectivity index (χ4n) is 2.49. The minimum absolute atomic E-state index is 0.0504. The standard InChI is InChI=1S/C14H20N4O2/c1-8(2)12-13(19)16-9(3)14(20)18(12)7-11-5-6-15-10(4)17-11/h5-6,8-9,12H,7H2,1-4H3,(H,16,19).